The Hall–Kier alpha value is -0.500. The Labute approximate surface area is 114 Å². The first-order valence-corrected chi connectivity index (χ1v) is 7.63. The summed E-state index contributed by atoms with van der Waals surface area (Å²) >= 11 is 3.06. The summed E-state index contributed by atoms with van der Waals surface area (Å²) < 4.78 is 40.3. The van der Waals surface area contributed by atoms with Crippen LogP contribution in [0.1, 0.15) is 13.8 Å². The largest absolute Gasteiger partial charge is 0.395 e. The molecule has 0 heterocycles. The molecule has 1 atom stereocenters. The highest BCUT2D eigenvalue weighted by Crippen LogP contribution is 2.20. The molecule has 0 aromatic heterocycles. The molecule has 102 valence electrons. The van der Waals surface area contributed by atoms with Crippen LogP contribution in [0.25, 0.3) is 0 Å². The summed E-state index contributed by atoms with van der Waals surface area (Å²) in [6, 6.07) is 3.06. The summed E-state index contributed by atoms with van der Waals surface area (Å²) in [6.07, 6.45) is 0. The highest BCUT2D eigenvalue weighted by Gasteiger charge is 2.24. The minimum absolute atomic E-state index is 0.0942. The fraction of sp³-hybridized carbons (Fsp3) is 0.455. The molecule has 0 fully saturated rings. The van der Waals surface area contributed by atoms with Crippen LogP contribution >= 0.6 is 15.9 Å². The highest BCUT2D eigenvalue weighted by atomic mass is 79.9. The Bertz CT molecular complexity index is 519. The summed E-state index contributed by atoms with van der Waals surface area (Å²) in [5.41, 5.74) is 0. The number of sulfonamides is 1. The van der Waals surface area contributed by atoms with Gasteiger partial charge in [0.1, 0.15) is 10.7 Å². The molecule has 0 amide bonds. The van der Waals surface area contributed by atoms with Crippen LogP contribution in [-0.4, -0.2) is 26.2 Å². The fourth-order valence-corrected chi connectivity index (χ4v) is 3.11. The van der Waals surface area contributed by atoms with Crippen molar-refractivity contribution in [2.24, 2.45) is 5.92 Å². The maximum absolute atomic E-state index is 13.6. The second-order valence-electron chi connectivity index (χ2n) is 4.23. The van der Waals surface area contributed by atoms with E-state index in [1.54, 1.807) is 13.8 Å². The third kappa shape index (κ3) is 3.74. The van der Waals surface area contributed by atoms with Crippen molar-refractivity contribution in [1.29, 1.82) is 0 Å². The van der Waals surface area contributed by atoms with Crippen molar-refractivity contribution in [2.75, 3.05) is 6.61 Å². The lowest BCUT2D eigenvalue weighted by Gasteiger charge is -2.20. The molecule has 7 heteroatoms. The van der Waals surface area contributed by atoms with Gasteiger partial charge in [-0.2, -0.15) is 0 Å². The number of hydrogen-bond acceptors (Lipinski definition) is 3. The lowest BCUT2D eigenvalue weighted by Crippen LogP contribution is -2.41. The van der Waals surface area contributed by atoms with Crippen molar-refractivity contribution < 1.29 is 17.9 Å². The molecular weight excluding hydrogens is 325 g/mol. The molecule has 18 heavy (non-hydrogen) atoms. The van der Waals surface area contributed by atoms with Gasteiger partial charge in [0, 0.05) is 10.5 Å². The standard InChI is InChI=1S/C11H15BrFNO3S/c1-7(2)10(6-15)14-18(16,17)11-4-3-8(12)5-9(11)13/h3-5,7,10,14-15H,6H2,1-2H3/t10-/m1/s1. The van der Waals surface area contributed by atoms with Crippen LogP contribution in [0.15, 0.2) is 27.6 Å². The molecule has 2 N–H and O–H groups in total. The van der Waals surface area contributed by atoms with Crippen molar-refractivity contribution in [3.63, 3.8) is 0 Å². The van der Waals surface area contributed by atoms with Gasteiger partial charge in [0.2, 0.25) is 10.0 Å². The smallest absolute Gasteiger partial charge is 0.243 e. The Morgan fingerprint density at radius 3 is 2.50 bits per heavy atom. The Balaban J connectivity index is 3.06. The molecule has 0 saturated heterocycles. The summed E-state index contributed by atoms with van der Waals surface area (Å²) in [7, 11) is -3.97. The molecule has 1 aromatic rings. The van der Waals surface area contributed by atoms with Gasteiger partial charge in [-0.05, 0) is 24.1 Å². The molecule has 0 unspecified atom stereocenters. The predicted octanol–water partition coefficient (Wildman–Crippen LogP) is 1.88. The maximum atomic E-state index is 13.6. The number of hydrogen-bond donors (Lipinski definition) is 2. The van der Waals surface area contributed by atoms with Crippen LogP contribution in [0.3, 0.4) is 0 Å². The van der Waals surface area contributed by atoms with Gasteiger partial charge in [0.15, 0.2) is 0 Å². The third-order valence-electron chi connectivity index (χ3n) is 2.49. The van der Waals surface area contributed by atoms with E-state index in [1.807, 2.05) is 0 Å². The lowest BCUT2D eigenvalue weighted by atomic mass is 10.1. The minimum atomic E-state index is -3.97. The average molecular weight is 340 g/mol. The predicted molar refractivity (Wildman–Crippen MR) is 70.1 cm³/mol. The van der Waals surface area contributed by atoms with E-state index in [4.69, 9.17) is 5.11 Å². The maximum Gasteiger partial charge on any atom is 0.243 e. The summed E-state index contributed by atoms with van der Waals surface area (Å²) in [6.45, 7) is 3.19. The second-order valence-corrected chi connectivity index (χ2v) is 6.83. The first kappa shape index (κ1) is 15.6. The Kier molecular flexibility index (Phi) is 5.27. The molecule has 1 aromatic carbocycles. The SMILES string of the molecule is CC(C)[C@@H](CO)NS(=O)(=O)c1ccc(Br)cc1F. The summed E-state index contributed by atoms with van der Waals surface area (Å²) in [5, 5.41) is 9.09. The van der Waals surface area contributed by atoms with Gasteiger partial charge in [0.05, 0.1) is 6.61 Å². The first-order chi connectivity index (χ1) is 8.27. The topological polar surface area (TPSA) is 66.4 Å². The quantitative estimate of drug-likeness (QED) is 0.860. The van der Waals surface area contributed by atoms with Crippen molar-refractivity contribution in [1.82, 2.24) is 4.72 Å². The number of halogens is 2. The van der Waals surface area contributed by atoms with E-state index in [0.717, 1.165) is 6.07 Å². The number of benzene rings is 1. The van der Waals surface area contributed by atoms with Crippen molar-refractivity contribution in [3.05, 3.63) is 28.5 Å². The van der Waals surface area contributed by atoms with Gasteiger partial charge in [-0.15, -0.1) is 0 Å². The molecule has 0 bridgehead atoms. The van der Waals surface area contributed by atoms with Crippen LogP contribution in [0.2, 0.25) is 0 Å². The van der Waals surface area contributed by atoms with E-state index < -0.39 is 26.8 Å². The van der Waals surface area contributed by atoms with Crippen LogP contribution in [0.5, 0.6) is 0 Å². The van der Waals surface area contributed by atoms with Crippen LogP contribution in [0.4, 0.5) is 4.39 Å². The Morgan fingerprint density at radius 2 is 2.06 bits per heavy atom. The number of aliphatic hydroxyl groups is 1. The van der Waals surface area contributed by atoms with E-state index in [0.29, 0.717) is 4.47 Å². The molecule has 0 radical (unpaired) electrons. The molecule has 0 spiro atoms. The van der Waals surface area contributed by atoms with E-state index >= 15 is 0 Å². The number of rotatable bonds is 5. The van der Waals surface area contributed by atoms with Gasteiger partial charge in [0.25, 0.3) is 0 Å². The van der Waals surface area contributed by atoms with E-state index in [-0.39, 0.29) is 12.5 Å². The molecule has 1 rings (SSSR count). The normalized spacial score (nSPS) is 13.9. The summed E-state index contributed by atoms with van der Waals surface area (Å²) in [5.74, 6) is -0.930. The second kappa shape index (κ2) is 6.10. The summed E-state index contributed by atoms with van der Waals surface area (Å²) in [4.78, 5) is -0.426. The number of aliphatic hydroxyl groups excluding tert-OH is 1. The highest BCUT2D eigenvalue weighted by molar-refractivity contribution is 9.10. The lowest BCUT2D eigenvalue weighted by molar-refractivity contribution is 0.227. The van der Waals surface area contributed by atoms with Gasteiger partial charge in [-0.1, -0.05) is 29.8 Å². The fourth-order valence-electron chi connectivity index (χ4n) is 1.34. The van der Waals surface area contributed by atoms with Crippen molar-refractivity contribution >= 4 is 26.0 Å². The van der Waals surface area contributed by atoms with E-state index in [2.05, 4.69) is 20.7 Å². The van der Waals surface area contributed by atoms with E-state index in [1.165, 1.54) is 12.1 Å². The molecule has 0 aliphatic heterocycles. The van der Waals surface area contributed by atoms with Crippen molar-refractivity contribution in [2.45, 2.75) is 24.8 Å². The van der Waals surface area contributed by atoms with E-state index in [9.17, 15) is 12.8 Å². The van der Waals surface area contributed by atoms with Gasteiger partial charge in [-0.3, -0.25) is 0 Å². The minimum Gasteiger partial charge on any atom is -0.395 e. The molecule has 0 saturated carbocycles. The molecule has 0 aliphatic carbocycles. The zero-order valence-corrected chi connectivity index (χ0v) is 12.4. The Morgan fingerprint density at radius 1 is 1.44 bits per heavy atom. The van der Waals surface area contributed by atoms with Gasteiger partial charge >= 0.3 is 0 Å². The zero-order valence-electron chi connectivity index (χ0n) is 10.0. The third-order valence-corrected chi connectivity index (χ3v) is 4.51. The first-order valence-electron chi connectivity index (χ1n) is 5.36. The molecule has 4 nitrogen and oxygen atoms in total. The van der Waals surface area contributed by atoms with Gasteiger partial charge in [-0.25, -0.2) is 17.5 Å². The molecular formula is C11H15BrFNO3S. The zero-order chi connectivity index (χ0) is 13.9. The van der Waals surface area contributed by atoms with Crippen LogP contribution in [-0.2, 0) is 10.0 Å². The average Bonchev–Trinajstić information content (AvgIpc) is 2.24. The van der Waals surface area contributed by atoms with Gasteiger partial charge < -0.3 is 5.11 Å². The molecule has 0 aliphatic rings. The monoisotopic (exact) mass is 339 g/mol. The van der Waals surface area contributed by atoms with Crippen LogP contribution < -0.4 is 4.72 Å². The number of nitrogens with one attached hydrogen (secondary N) is 1. The van der Waals surface area contributed by atoms with Crippen molar-refractivity contribution in [3.8, 4) is 0 Å². The van der Waals surface area contributed by atoms with Crippen LogP contribution in [0, 0.1) is 11.7 Å².